The van der Waals surface area contributed by atoms with Gasteiger partial charge in [-0.25, -0.2) is 4.79 Å². The molecular weight excluding hydrogens is 194 g/mol. The van der Waals surface area contributed by atoms with Gasteiger partial charge >= 0.3 is 5.97 Å². The predicted molar refractivity (Wildman–Crippen MR) is 51.1 cm³/mol. The fourth-order valence-electron chi connectivity index (χ4n) is 1.07. The van der Waals surface area contributed by atoms with Gasteiger partial charge in [-0.15, -0.1) is 12.4 Å². The maximum absolute atomic E-state index is 11.1. The molecule has 1 fully saturated rings. The Bertz CT molecular complexity index is 157. The number of esters is 1. The second-order valence-electron chi connectivity index (χ2n) is 2.88. The van der Waals surface area contributed by atoms with Crippen molar-refractivity contribution in [2.24, 2.45) is 0 Å². The molecule has 0 spiro atoms. The summed E-state index contributed by atoms with van der Waals surface area (Å²) >= 11 is 0. The molecule has 0 bridgehead atoms. The summed E-state index contributed by atoms with van der Waals surface area (Å²) < 4.78 is 10.1. The van der Waals surface area contributed by atoms with E-state index in [-0.39, 0.29) is 18.4 Å². The average molecular weight is 210 g/mol. The second kappa shape index (κ2) is 6.18. The minimum absolute atomic E-state index is 0. The molecule has 0 aromatic carbocycles. The Labute approximate surface area is 84.4 Å². The number of morpholine rings is 1. The van der Waals surface area contributed by atoms with Gasteiger partial charge in [0.2, 0.25) is 0 Å². The van der Waals surface area contributed by atoms with Gasteiger partial charge in [0.25, 0.3) is 0 Å². The first-order chi connectivity index (χ1) is 5.74. The van der Waals surface area contributed by atoms with Gasteiger partial charge in [-0.2, -0.15) is 0 Å². The third-order valence-electron chi connectivity index (χ3n) is 1.75. The third kappa shape index (κ3) is 3.93. The van der Waals surface area contributed by atoms with Crippen molar-refractivity contribution in [1.29, 1.82) is 0 Å². The van der Waals surface area contributed by atoms with Crippen LogP contribution >= 0.6 is 12.4 Å². The van der Waals surface area contributed by atoms with Crippen LogP contribution in [0.1, 0.15) is 13.8 Å². The van der Waals surface area contributed by atoms with Gasteiger partial charge < -0.3 is 14.8 Å². The molecule has 1 rings (SSSR count). The van der Waals surface area contributed by atoms with Crippen molar-refractivity contribution < 1.29 is 14.3 Å². The Morgan fingerprint density at radius 2 is 2.38 bits per heavy atom. The number of hydrogen-bond acceptors (Lipinski definition) is 4. The molecule has 78 valence electrons. The van der Waals surface area contributed by atoms with Gasteiger partial charge in [-0.3, -0.25) is 0 Å². The normalized spacial score (nSPS) is 27.5. The highest BCUT2D eigenvalue weighted by Crippen LogP contribution is 2.02. The third-order valence-corrected chi connectivity index (χ3v) is 1.75. The van der Waals surface area contributed by atoms with E-state index in [1.54, 1.807) is 6.92 Å². The van der Waals surface area contributed by atoms with E-state index in [2.05, 4.69) is 5.32 Å². The van der Waals surface area contributed by atoms with Gasteiger partial charge in [0.15, 0.2) is 6.10 Å². The molecule has 1 saturated heterocycles. The first-order valence-electron chi connectivity index (χ1n) is 4.25. The van der Waals surface area contributed by atoms with E-state index in [1.807, 2.05) is 6.92 Å². The largest absolute Gasteiger partial charge is 0.464 e. The summed E-state index contributed by atoms with van der Waals surface area (Å²) in [7, 11) is 0. The van der Waals surface area contributed by atoms with Crippen molar-refractivity contribution in [3.8, 4) is 0 Å². The molecule has 1 heterocycles. The summed E-state index contributed by atoms with van der Waals surface area (Å²) in [6.07, 6.45) is -0.416. The quantitative estimate of drug-likeness (QED) is 0.667. The summed E-state index contributed by atoms with van der Waals surface area (Å²) in [5, 5.41) is 3.15. The van der Waals surface area contributed by atoms with E-state index in [0.717, 1.165) is 0 Å². The molecule has 2 atom stereocenters. The SMILES string of the molecule is CCOC(=O)C1CN[C@@H](C)CO1.Cl. The van der Waals surface area contributed by atoms with Crippen molar-refractivity contribution >= 4 is 18.4 Å². The summed E-state index contributed by atoms with van der Waals surface area (Å²) in [6, 6.07) is 0.329. The molecule has 0 aromatic rings. The lowest BCUT2D eigenvalue weighted by atomic mass is 10.2. The minimum Gasteiger partial charge on any atom is -0.464 e. The summed E-state index contributed by atoms with van der Waals surface area (Å²) in [5.41, 5.74) is 0. The second-order valence-corrected chi connectivity index (χ2v) is 2.88. The number of carbonyl (C=O) groups excluding carboxylic acids is 1. The van der Waals surface area contributed by atoms with E-state index >= 15 is 0 Å². The summed E-state index contributed by atoms with van der Waals surface area (Å²) in [5.74, 6) is -0.267. The Morgan fingerprint density at radius 1 is 1.69 bits per heavy atom. The highest BCUT2D eigenvalue weighted by atomic mass is 35.5. The summed E-state index contributed by atoms with van der Waals surface area (Å²) in [4.78, 5) is 11.1. The van der Waals surface area contributed by atoms with E-state index in [9.17, 15) is 4.79 Å². The van der Waals surface area contributed by atoms with Crippen LogP contribution in [0, 0.1) is 0 Å². The van der Waals surface area contributed by atoms with Gasteiger partial charge in [0.1, 0.15) is 0 Å². The molecule has 1 N–H and O–H groups in total. The predicted octanol–water partition coefficient (Wildman–Crippen LogP) is 0.348. The molecule has 4 nitrogen and oxygen atoms in total. The molecule has 1 aliphatic heterocycles. The molecule has 0 radical (unpaired) electrons. The Kier molecular flexibility index (Phi) is 6.03. The number of hydrogen-bond donors (Lipinski definition) is 1. The van der Waals surface area contributed by atoms with Gasteiger partial charge in [0.05, 0.1) is 13.2 Å². The Balaban J connectivity index is 0.00000144. The number of halogens is 1. The number of nitrogens with one attached hydrogen (secondary N) is 1. The van der Waals surface area contributed by atoms with Crippen LogP contribution in [-0.2, 0) is 14.3 Å². The lowest BCUT2D eigenvalue weighted by molar-refractivity contribution is -0.159. The first-order valence-corrected chi connectivity index (χ1v) is 4.25. The first kappa shape index (κ1) is 12.7. The Morgan fingerprint density at radius 3 is 2.85 bits per heavy atom. The van der Waals surface area contributed by atoms with Crippen molar-refractivity contribution in [3.63, 3.8) is 0 Å². The van der Waals surface area contributed by atoms with Crippen molar-refractivity contribution in [2.75, 3.05) is 19.8 Å². The topological polar surface area (TPSA) is 47.6 Å². The van der Waals surface area contributed by atoms with E-state index in [4.69, 9.17) is 9.47 Å². The van der Waals surface area contributed by atoms with Gasteiger partial charge in [0, 0.05) is 12.6 Å². The molecular formula is C8H16ClNO3. The van der Waals surface area contributed by atoms with E-state index < -0.39 is 6.10 Å². The molecule has 1 unspecified atom stereocenters. The van der Waals surface area contributed by atoms with Crippen molar-refractivity contribution in [1.82, 2.24) is 5.32 Å². The van der Waals surface area contributed by atoms with Crippen LogP contribution in [-0.4, -0.2) is 37.9 Å². The van der Waals surface area contributed by atoms with Gasteiger partial charge in [-0.1, -0.05) is 0 Å². The lowest BCUT2D eigenvalue weighted by Gasteiger charge is -2.26. The van der Waals surface area contributed by atoms with Crippen molar-refractivity contribution in [2.45, 2.75) is 26.0 Å². The maximum Gasteiger partial charge on any atom is 0.336 e. The van der Waals surface area contributed by atoms with Crippen LogP contribution in [0.25, 0.3) is 0 Å². The molecule has 1 aliphatic rings. The molecule has 13 heavy (non-hydrogen) atoms. The van der Waals surface area contributed by atoms with Crippen LogP contribution in [0.5, 0.6) is 0 Å². The van der Waals surface area contributed by atoms with Crippen LogP contribution < -0.4 is 5.32 Å². The fraction of sp³-hybridized carbons (Fsp3) is 0.875. The minimum atomic E-state index is -0.416. The van der Waals surface area contributed by atoms with Gasteiger partial charge in [-0.05, 0) is 13.8 Å². The molecule has 0 amide bonds. The fourth-order valence-corrected chi connectivity index (χ4v) is 1.07. The monoisotopic (exact) mass is 209 g/mol. The zero-order valence-electron chi connectivity index (χ0n) is 7.91. The standard InChI is InChI=1S/C8H15NO3.ClH/c1-3-11-8(10)7-4-9-6(2)5-12-7;/h6-7,9H,3-5H2,1-2H3;1H/t6-,7?;/m0./s1. The van der Waals surface area contributed by atoms with Crippen LogP contribution in [0.3, 0.4) is 0 Å². The smallest absolute Gasteiger partial charge is 0.336 e. The zero-order valence-corrected chi connectivity index (χ0v) is 8.73. The lowest BCUT2D eigenvalue weighted by Crippen LogP contribution is -2.48. The van der Waals surface area contributed by atoms with E-state index in [0.29, 0.717) is 25.8 Å². The highest BCUT2D eigenvalue weighted by molar-refractivity contribution is 5.85. The van der Waals surface area contributed by atoms with Crippen LogP contribution in [0.4, 0.5) is 0 Å². The molecule has 0 aliphatic carbocycles. The number of carbonyl (C=O) groups is 1. The molecule has 0 saturated carbocycles. The van der Waals surface area contributed by atoms with E-state index in [1.165, 1.54) is 0 Å². The Hall–Kier alpha value is -0.320. The molecule has 0 aromatic heterocycles. The number of rotatable bonds is 2. The molecule has 5 heteroatoms. The summed E-state index contributed by atoms with van der Waals surface area (Å²) in [6.45, 7) is 5.34. The average Bonchev–Trinajstić information content (AvgIpc) is 2.06. The van der Waals surface area contributed by atoms with Crippen LogP contribution in [0.2, 0.25) is 0 Å². The number of ether oxygens (including phenoxy) is 2. The maximum atomic E-state index is 11.1. The van der Waals surface area contributed by atoms with Crippen molar-refractivity contribution in [3.05, 3.63) is 0 Å². The highest BCUT2D eigenvalue weighted by Gasteiger charge is 2.25. The van der Waals surface area contributed by atoms with Crippen LogP contribution in [0.15, 0.2) is 0 Å². The zero-order chi connectivity index (χ0) is 8.97.